The second-order valence-corrected chi connectivity index (χ2v) is 5.97. The number of ketones is 1. The molecule has 26 heavy (non-hydrogen) atoms. The number of ether oxygens (including phenoxy) is 1. The quantitative estimate of drug-likeness (QED) is 0.465. The molecule has 1 fully saturated rings. The maximum atomic E-state index is 13.0. The summed E-state index contributed by atoms with van der Waals surface area (Å²) >= 11 is 0. The minimum Gasteiger partial charge on any atom is -0.456 e. The zero-order valence-corrected chi connectivity index (χ0v) is 13.3. The molecule has 1 saturated heterocycles. The number of hydrazone groups is 1. The first-order valence-electron chi connectivity index (χ1n) is 7.78. The second-order valence-electron chi connectivity index (χ2n) is 5.97. The lowest BCUT2D eigenvalue weighted by Gasteiger charge is -2.27. The van der Waals surface area contributed by atoms with Gasteiger partial charge in [-0.1, -0.05) is 6.08 Å². The van der Waals surface area contributed by atoms with E-state index in [1.54, 1.807) is 12.2 Å². The van der Waals surface area contributed by atoms with Crippen molar-refractivity contribution in [3.05, 3.63) is 47.8 Å². The van der Waals surface area contributed by atoms with Gasteiger partial charge in [-0.15, -0.1) is 0 Å². The molecule has 3 atom stereocenters. The lowest BCUT2D eigenvalue weighted by Crippen LogP contribution is -2.39. The summed E-state index contributed by atoms with van der Waals surface area (Å²) in [4.78, 5) is 24.8. The molecule has 2 heterocycles. The van der Waals surface area contributed by atoms with Gasteiger partial charge in [0, 0.05) is 11.8 Å². The molecule has 138 valence electrons. The molecule has 0 amide bonds. The predicted molar refractivity (Wildman–Crippen MR) is 82.9 cm³/mol. The third-order valence-electron chi connectivity index (χ3n) is 4.22. The average Bonchev–Trinajstić information content (AvgIpc) is 2.99. The fourth-order valence-electron chi connectivity index (χ4n) is 3.07. The van der Waals surface area contributed by atoms with Gasteiger partial charge in [0.1, 0.15) is 11.9 Å². The molecular weight excluding hydrogens is 356 g/mol. The maximum Gasteiger partial charge on any atom is 0.422 e. The summed E-state index contributed by atoms with van der Waals surface area (Å²) in [5, 5.41) is 5.46. The third kappa shape index (κ3) is 3.76. The van der Waals surface area contributed by atoms with Crippen molar-refractivity contribution in [3.8, 4) is 0 Å². The number of alkyl halides is 3. The summed E-state index contributed by atoms with van der Waals surface area (Å²) in [5.41, 5.74) is 0.226. The molecule has 1 aromatic carbocycles. The van der Waals surface area contributed by atoms with Gasteiger partial charge in [0.15, 0.2) is 12.4 Å². The van der Waals surface area contributed by atoms with Crippen molar-refractivity contribution in [2.24, 2.45) is 11.0 Å². The van der Waals surface area contributed by atoms with Gasteiger partial charge in [0.25, 0.3) is 0 Å². The summed E-state index contributed by atoms with van der Waals surface area (Å²) in [7, 11) is 0. The van der Waals surface area contributed by atoms with Gasteiger partial charge in [-0.2, -0.15) is 18.3 Å². The topological polar surface area (TPSA) is 59.0 Å². The van der Waals surface area contributed by atoms with Crippen LogP contribution in [0.1, 0.15) is 16.8 Å². The first-order valence-corrected chi connectivity index (χ1v) is 7.78. The molecule has 9 heteroatoms. The molecule has 2 aliphatic rings. The zero-order valence-electron chi connectivity index (χ0n) is 13.3. The lowest BCUT2D eigenvalue weighted by molar-refractivity contribution is -0.189. The number of fused-ring (bicyclic) bond motifs is 1. The Morgan fingerprint density at radius 3 is 2.58 bits per heavy atom. The number of carbonyl (C=O) groups is 2. The van der Waals surface area contributed by atoms with Crippen molar-refractivity contribution in [2.75, 3.05) is 6.61 Å². The molecule has 3 rings (SSSR count). The number of rotatable bonds is 4. The highest BCUT2D eigenvalue weighted by atomic mass is 19.4. The van der Waals surface area contributed by atoms with Crippen LogP contribution in [0.4, 0.5) is 17.6 Å². The summed E-state index contributed by atoms with van der Waals surface area (Å²) in [5.74, 6) is -2.89. The van der Waals surface area contributed by atoms with Crippen molar-refractivity contribution < 1.29 is 31.9 Å². The summed E-state index contributed by atoms with van der Waals surface area (Å²) in [6.07, 6.45) is -0.109. The standard InChI is InChI=1S/C17H14F4N2O3/c18-11-5-3-10(4-6-11)15(24)14-8-12(13-2-1-7-22-23(13)14)16(25)26-9-17(19,20)21/h1-7,12-14H,8-9H2/t12-,13-,14+/m0/s1. The van der Waals surface area contributed by atoms with Gasteiger partial charge in [0.05, 0.1) is 12.0 Å². The Labute approximate surface area is 145 Å². The van der Waals surface area contributed by atoms with Gasteiger partial charge >= 0.3 is 12.1 Å². The van der Waals surface area contributed by atoms with Crippen molar-refractivity contribution in [1.29, 1.82) is 0 Å². The Morgan fingerprint density at radius 1 is 1.23 bits per heavy atom. The third-order valence-corrected chi connectivity index (χ3v) is 4.22. The van der Waals surface area contributed by atoms with Crippen LogP contribution in [0.25, 0.3) is 0 Å². The number of hydrogen-bond acceptors (Lipinski definition) is 5. The second kappa shape index (κ2) is 6.89. The average molecular weight is 370 g/mol. The Bertz CT molecular complexity index is 758. The van der Waals surface area contributed by atoms with E-state index in [0.717, 1.165) is 12.1 Å². The smallest absolute Gasteiger partial charge is 0.422 e. The lowest BCUT2D eigenvalue weighted by atomic mass is 9.95. The fraction of sp³-hybridized carbons (Fsp3) is 0.353. The number of allylic oxidation sites excluding steroid dienone is 1. The van der Waals surface area contributed by atoms with E-state index in [1.807, 2.05) is 0 Å². The summed E-state index contributed by atoms with van der Waals surface area (Å²) < 4.78 is 54.2. The molecule has 2 aliphatic heterocycles. The van der Waals surface area contributed by atoms with E-state index in [2.05, 4.69) is 9.84 Å². The molecule has 1 aromatic rings. The van der Waals surface area contributed by atoms with Crippen LogP contribution in [0, 0.1) is 11.7 Å². The molecular formula is C17H14F4N2O3. The summed E-state index contributed by atoms with van der Waals surface area (Å²) in [6, 6.07) is 3.37. The van der Waals surface area contributed by atoms with Crippen molar-refractivity contribution in [2.45, 2.75) is 24.7 Å². The van der Waals surface area contributed by atoms with Gasteiger partial charge in [-0.05, 0) is 36.8 Å². The largest absolute Gasteiger partial charge is 0.456 e. The van der Waals surface area contributed by atoms with E-state index < -0.39 is 48.4 Å². The highest BCUT2D eigenvalue weighted by molar-refractivity contribution is 6.01. The van der Waals surface area contributed by atoms with Crippen molar-refractivity contribution in [3.63, 3.8) is 0 Å². The minimum absolute atomic E-state index is 0.0424. The first-order chi connectivity index (χ1) is 12.3. The molecule has 0 aromatic heterocycles. The van der Waals surface area contributed by atoms with Crippen molar-refractivity contribution in [1.82, 2.24) is 5.01 Å². The maximum absolute atomic E-state index is 13.0. The Balaban J connectivity index is 1.79. The van der Waals surface area contributed by atoms with E-state index in [9.17, 15) is 27.2 Å². The molecule has 5 nitrogen and oxygen atoms in total. The predicted octanol–water partition coefficient (Wildman–Crippen LogP) is 2.73. The molecule has 0 spiro atoms. The number of hydrogen-bond donors (Lipinski definition) is 0. The SMILES string of the molecule is O=C(OCC(F)(F)F)[C@H]1C[C@H](C(=O)c2ccc(F)cc2)N2N=CC=C[C@@H]12. The van der Waals surface area contributed by atoms with E-state index in [1.165, 1.54) is 23.4 Å². The van der Waals surface area contributed by atoms with Crippen LogP contribution < -0.4 is 0 Å². The van der Waals surface area contributed by atoms with E-state index in [0.29, 0.717) is 0 Å². The van der Waals surface area contributed by atoms with E-state index in [-0.39, 0.29) is 12.0 Å². The number of benzene rings is 1. The van der Waals surface area contributed by atoms with E-state index >= 15 is 0 Å². The molecule has 0 N–H and O–H groups in total. The van der Waals surface area contributed by atoms with Gasteiger partial charge in [-0.3, -0.25) is 14.6 Å². The van der Waals surface area contributed by atoms with Crippen LogP contribution in [-0.4, -0.2) is 47.8 Å². The molecule has 0 radical (unpaired) electrons. The van der Waals surface area contributed by atoms with Crippen LogP contribution in [0.15, 0.2) is 41.5 Å². The number of halogens is 4. The monoisotopic (exact) mass is 370 g/mol. The number of esters is 1. The highest BCUT2D eigenvalue weighted by Gasteiger charge is 2.48. The van der Waals surface area contributed by atoms with Gasteiger partial charge in [0.2, 0.25) is 0 Å². The first kappa shape index (κ1) is 18.1. The van der Waals surface area contributed by atoms with Gasteiger partial charge < -0.3 is 4.74 Å². The minimum atomic E-state index is -4.63. The Kier molecular flexibility index (Phi) is 4.80. The van der Waals surface area contributed by atoms with Crippen molar-refractivity contribution >= 4 is 18.0 Å². The number of carbonyl (C=O) groups excluding carboxylic acids is 2. The van der Waals surface area contributed by atoms with Gasteiger partial charge in [-0.25, -0.2) is 4.39 Å². The van der Waals surface area contributed by atoms with Crippen LogP contribution in [0.3, 0.4) is 0 Å². The van der Waals surface area contributed by atoms with Crippen LogP contribution >= 0.6 is 0 Å². The Hall–Kier alpha value is -2.71. The Morgan fingerprint density at radius 2 is 1.92 bits per heavy atom. The zero-order chi connectivity index (χ0) is 18.9. The molecule has 0 aliphatic carbocycles. The van der Waals surface area contributed by atoms with Crippen LogP contribution in [-0.2, 0) is 9.53 Å². The number of Topliss-reactive ketones (excluding diaryl/α,β-unsaturated/α-hetero) is 1. The normalized spacial score (nSPS) is 24.5. The van der Waals surface area contributed by atoms with E-state index in [4.69, 9.17) is 0 Å². The molecule has 0 unspecified atom stereocenters. The van der Waals surface area contributed by atoms with Crippen LogP contribution in [0.5, 0.6) is 0 Å². The molecule has 0 saturated carbocycles. The molecule has 0 bridgehead atoms. The fourth-order valence-corrected chi connectivity index (χ4v) is 3.07. The number of nitrogens with zero attached hydrogens (tertiary/aromatic N) is 2. The summed E-state index contributed by atoms with van der Waals surface area (Å²) in [6.45, 7) is -1.68. The van der Waals surface area contributed by atoms with Crippen LogP contribution in [0.2, 0.25) is 0 Å². The highest BCUT2D eigenvalue weighted by Crippen LogP contribution is 2.35.